The average Bonchev–Trinajstić information content (AvgIpc) is 2.68. The Morgan fingerprint density at radius 1 is 0.808 bits per heavy atom. The van der Waals surface area contributed by atoms with E-state index in [4.69, 9.17) is 16.5 Å². The van der Waals surface area contributed by atoms with E-state index in [1.54, 1.807) is 18.2 Å². The Morgan fingerprint density at radius 2 is 1.54 bits per heavy atom. The number of rotatable bonds is 3. The minimum absolute atomic E-state index is 0.264. The summed E-state index contributed by atoms with van der Waals surface area (Å²) in [5.41, 5.74) is 15.3. The Balaban J connectivity index is 2.01. The number of anilines is 1. The number of amides is 1. The zero-order valence-electron chi connectivity index (χ0n) is 13.9. The maximum atomic E-state index is 11.6. The monoisotopic (exact) mass is 340 g/mol. The van der Waals surface area contributed by atoms with E-state index >= 15 is 0 Å². The standard InChI is InChI=1S/C21H16N4O/c22-18-15(20(23)26)10-6-11-16(18)21-24-17-12-5-4-9-14(17)19(25-21)13-7-2-1-3-8-13/h1-12H,22H2,(H2,23,26). The lowest BCUT2D eigenvalue weighted by Gasteiger charge is -2.12. The molecule has 5 nitrogen and oxygen atoms in total. The summed E-state index contributed by atoms with van der Waals surface area (Å²) in [5, 5.41) is 0.951. The van der Waals surface area contributed by atoms with Gasteiger partial charge in [-0.25, -0.2) is 9.97 Å². The van der Waals surface area contributed by atoms with Crippen molar-refractivity contribution < 1.29 is 4.79 Å². The molecule has 4 N–H and O–H groups in total. The Morgan fingerprint density at radius 3 is 2.31 bits per heavy atom. The van der Waals surface area contributed by atoms with Crippen molar-refractivity contribution >= 4 is 22.5 Å². The van der Waals surface area contributed by atoms with Crippen LogP contribution < -0.4 is 11.5 Å². The predicted molar refractivity (Wildman–Crippen MR) is 103 cm³/mol. The van der Waals surface area contributed by atoms with Crippen LogP contribution in [0.2, 0.25) is 0 Å². The third kappa shape index (κ3) is 2.65. The van der Waals surface area contributed by atoms with Gasteiger partial charge in [0.2, 0.25) is 0 Å². The SMILES string of the molecule is NC(=O)c1cccc(-c2nc(-c3ccccc3)c3ccccc3n2)c1N. The highest BCUT2D eigenvalue weighted by atomic mass is 16.1. The van der Waals surface area contributed by atoms with Crippen LogP contribution in [0.1, 0.15) is 10.4 Å². The summed E-state index contributed by atoms with van der Waals surface area (Å²) in [6.45, 7) is 0. The summed E-state index contributed by atoms with van der Waals surface area (Å²) in [6, 6.07) is 22.8. The van der Waals surface area contributed by atoms with E-state index in [0.717, 1.165) is 22.2 Å². The first kappa shape index (κ1) is 15.8. The van der Waals surface area contributed by atoms with Gasteiger partial charge in [-0.3, -0.25) is 4.79 Å². The number of hydrogen-bond acceptors (Lipinski definition) is 4. The van der Waals surface area contributed by atoms with Crippen LogP contribution in [0.15, 0.2) is 72.8 Å². The molecule has 0 saturated heterocycles. The number of nitrogens with zero attached hydrogens (tertiary/aromatic N) is 2. The normalized spacial score (nSPS) is 10.8. The molecule has 1 aromatic heterocycles. The summed E-state index contributed by atoms with van der Waals surface area (Å²) < 4.78 is 0. The Hall–Kier alpha value is -3.73. The summed E-state index contributed by atoms with van der Waals surface area (Å²) in [6.07, 6.45) is 0. The van der Waals surface area contributed by atoms with Crippen molar-refractivity contribution in [2.75, 3.05) is 5.73 Å². The highest BCUT2D eigenvalue weighted by Crippen LogP contribution is 2.31. The topological polar surface area (TPSA) is 94.9 Å². The van der Waals surface area contributed by atoms with Crippen LogP contribution in [0.25, 0.3) is 33.5 Å². The number of aromatic nitrogens is 2. The van der Waals surface area contributed by atoms with Crippen molar-refractivity contribution in [3.8, 4) is 22.6 Å². The summed E-state index contributed by atoms with van der Waals surface area (Å²) in [5.74, 6) is -0.114. The largest absolute Gasteiger partial charge is 0.397 e. The number of nitrogen functional groups attached to an aromatic ring is 1. The molecular formula is C21H16N4O. The predicted octanol–water partition coefficient (Wildman–Crippen LogP) is 3.64. The van der Waals surface area contributed by atoms with Crippen molar-refractivity contribution in [3.63, 3.8) is 0 Å². The Labute approximate surface area is 150 Å². The van der Waals surface area contributed by atoms with Crippen LogP contribution >= 0.6 is 0 Å². The van der Waals surface area contributed by atoms with Gasteiger partial charge < -0.3 is 11.5 Å². The van der Waals surface area contributed by atoms with E-state index in [0.29, 0.717) is 11.4 Å². The molecule has 0 spiro atoms. The van der Waals surface area contributed by atoms with E-state index in [9.17, 15) is 4.79 Å². The third-order valence-electron chi connectivity index (χ3n) is 4.26. The van der Waals surface area contributed by atoms with Crippen molar-refractivity contribution in [1.29, 1.82) is 0 Å². The van der Waals surface area contributed by atoms with Crippen LogP contribution in [0.3, 0.4) is 0 Å². The van der Waals surface area contributed by atoms with Crippen molar-refractivity contribution in [2.24, 2.45) is 5.73 Å². The first-order valence-electron chi connectivity index (χ1n) is 8.16. The van der Waals surface area contributed by atoms with Gasteiger partial charge in [0.05, 0.1) is 22.5 Å². The quantitative estimate of drug-likeness (QED) is 0.557. The van der Waals surface area contributed by atoms with E-state index < -0.39 is 5.91 Å². The first-order valence-corrected chi connectivity index (χ1v) is 8.16. The van der Waals surface area contributed by atoms with E-state index in [1.807, 2.05) is 54.6 Å². The van der Waals surface area contributed by atoms with Crippen LogP contribution in [0.5, 0.6) is 0 Å². The second kappa shape index (κ2) is 6.29. The summed E-state index contributed by atoms with van der Waals surface area (Å²) in [4.78, 5) is 21.0. The molecule has 0 unspecified atom stereocenters. The fraction of sp³-hybridized carbons (Fsp3) is 0. The van der Waals surface area contributed by atoms with Crippen LogP contribution in [0, 0.1) is 0 Å². The smallest absolute Gasteiger partial charge is 0.250 e. The molecule has 4 aromatic rings. The Bertz CT molecular complexity index is 1120. The van der Waals surface area contributed by atoms with Gasteiger partial charge >= 0.3 is 0 Å². The zero-order valence-corrected chi connectivity index (χ0v) is 13.9. The number of primary amides is 1. The first-order chi connectivity index (χ1) is 12.6. The van der Waals surface area contributed by atoms with Gasteiger partial charge in [-0.1, -0.05) is 54.6 Å². The fourth-order valence-electron chi connectivity index (χ4n) is 2.99. The van der Waals surface area contributed by atoms with Gasteiger partial charge in [0.15, 0.2) is 5.82 Å². The molecule has 0 saturated carbocycles. The highest BCUT2D eigenvalue weighted by Gasteiger charge is 2.16. The average molecular weight is 340 g/mol. The molecule has 1 amide bonds. The lowest BCUT2D eigenvalue weighted by Crippen LogP contribution is -2.14. The molecule has 0 aliphatic heterocycles. The number of fused-ring (bicyclic) bond motifs is 1. The van der Waals surface area contributed by atoms with Gasteiger partial charge in [0.25, 0.3) is 5.91 Å². The molecule has 26 heavy (non-hydrogen) atoms. The molecule has 3 aromatic carbocycles. The lowest BCUT2D eigenvalue weighted by atomic mass is 10.0. The molecule has 0 radical (unpaired) electrons. The van der Waals surface area contributed by atoms with Crippen LogP contribution in [-0.4, -0.2) is 15.9 Å². The van der Waals surface area contributed by atoms with Crippen molar-refractivity contribution in [3.05, 3.63) is 78.4 Å². The molecule has 0 bridgehead atoms. The number of benzene rings is 3. The minimum Gasteiger partial charge on any atom is -0.397 e. The van der Waals surface area contributed by atoms with Crippen molar-refractivity contribution in [1.82, 2.24) is 9.97 Å². The fourth-order valence-corrected chi connectivity index (χ4v) is 2.99. The van der Waals surface area contributed by atoms with Gasteiger partial charge in [0.1, 0.15) is 0 Å². The summed E-state index contributed by atoms with van der Waals surface area (Å²) >= 11 is 0. The Kier molecular flexibility index (Phi) is 3.82. The van der Waals surface area contributed by atoms with Crippen LogP contribution in [0.4, 0.5) is 5.69 Å². The third-order valence-corrected chi connectivity index (χ3v) is 4.26. The van der Waals surface area contributed by atoms with Crippen molar-refractivity contribution in [2.45, 2.75) is 0 Å². The minimum atomic E-state index is -0.576. The molecule has 126 valence electrons. The number of para-hydroxylation sites is 2. The molecule has 0 atom stereocenters. The number of nitrogens with two attached hydrogens (primary N) is 2. The second-order valence-electron chi connectivity index (χ2n) is 5.91. The molecule has 4 rings (SSSR count). The van der Waals surface area contributed by atoms with E-state index in [-0.39, 0.29) is 11.3 Å². The number of hydrogen-bond donors (Lipinski definition) is 2. The molecule has 1 heterocycles. The molecule has 0 aliphatic rings. The maximum Gasteiger partial charge on any atom is 0.250 e. The van der Waals surface area contributed by atoms with Gasteiger partial charge in [-0.05, 0) is 18.2 Å². The van der Waals surface area contributed by atoms with Gasteiger partial charge in [0, 0.05) is 16.5 Å². The molecule has 0 fully saturated rings. The van der Waals surface area contributed by atoms with Crippen LogP contribution in [-0.2, 0) is 0 Å². The lowest BCUT2D eigenvalue weighted by molar-refractivity contribution is 0.100. The maximum absolute atomic E-state index is 11.6. The van der Waals surface area contributed by atoms with Gasteiger partial charge in [-0.15, -0.1) is 0 Å². The number of carbonyl (C=O) groups excluding carboxylic acids is 1. The van der Waals surface area contributed by atoms with E-state index in [2.05, 4.69) is 4.98 Å². The van der Waals surface area contributed by atoms with Gasteiger partial charge in [-0.2, -0.15) is 0 Å². The zero-order chi connectivity index (χ0) is 18.1. The summed E-state index contributed by atoms with van der Waals surface area (Å²) in [7, 11) is 0. The number of carbonyl (C=O) groups is 1. The molecule has 0 aliphatic carbocycles. The highest BCUT2D eigenvalue weighted by molar-refractivity contribution is 6.01. The van der Waals surface area contributed by atoms with E-state index in [1.165, 1.54) is 0 Å². The second-order valence-corrected chi connectivity index (χ2v) is 5.91. The molecule has 5 heteroatoms. The molecular weight excluding hydrogens is 324 g/mol.